The number of rotatable bonds is 9. The molecule has 0 radical (unpaired) electrons. The normalized spacial score (nSPS) is 10.3. The van der Waals surface area contributed by atoms with Crippen molar-refractivity contribution in [3.63, 3.8) is 0 Å². The van der Waals surface area contributed by atoms with Gasteiger partial charge in [0.05, 0.1) is 32.4 Å². The van der Waals surface area contributed by atoms with Gasteiger partial charge in [-0.25, -0.2) is 4.79 Å². The van der Waals surface area contributed by atoms with Crippen LogP contribution in [0.3, 0.4) is 0 Å². The second-order valence-corrected chi connectivity index (χ2v) is 3.66. The lowest BCUT2D eigenvalue weighted by Crippen LogP contribution is -2.19. The van der Waals surface area contributed by atoms with Crippen LogP contribution >= 0.6 is 0 Å². The molecule has 1 aromatic rings. The maximum atomic E-state index is 11.2. The Morgan fingerprint density at radius 3 is 3.11 bits per heavy atom. The van der Waals surface area contributed by atoms with E-state index in [0.717, 1.165) is 13.0 Å². The maximum absolute atomic E-state index is 11.2. The number of nitrogens with one attached hydrogen (secondary N) is 1. The van der Waals surface area contributed by atoms with Crippen molar-refractivity contribution < 1.29 is 18.7 Å². The fourth-order valence-corrected chi connectivity index (χ4v) is 1.32. The van der Waals surface area contributed by atoms with E-state index in [9.17, 15) is 4.79 Å². The van der Waals surface area contributed by atoms with E-state index in [1.807, 2.05) is 6.08 Å². The number of carbonyl (C=O) groups excluding carboxylic acids is 1. The molecule has 0 spiro atoms. The molecular weight excluding hydrogens is 234 g/mol. The van der Waals surface area contributed by atoms with Crippen molar-refractivity contribution in [1.29, 1.82) is 0 Å². The molecule has 1 heterocycles. The van der Waals surface area contributed by atoms with E-state index in [-0.39, 0.29) is 0 Å². The summed E-state index contributed by atoms with van der Waals surface area (Å²) < 4.78 is 15.1. The Morgan fingerprint density at radius 1 is 1.56 bits per heavy atom. The second kappa shape index (κ2) is 8.49. The highest BCUT2D eigenvalue weighted by molar-refractivity contribution is 5.88. The van der Waals surface area contributed by atoms with E-state index >= 15 is 0 Å². The van der Waals surface area contributed by atoms with Gasteiger partial charge in [0.2, 0.25) is 0 Å². The highest BCUT2D eigenvalue weighted by Crippen LogP contribution is 2.08. The lowest BCUT2D eigenvalue weighted by Gasteiger charge is -2.03. The van der Waals surface area contributed by atoms with E-state index in [1.54, 1.807) is 6.07 Å². The standard InChI is InChI=1S/C13H19NO4/c1-3-4-6-17-7-5-14-9-12-8-11(10-18-12)13(15)16-2/h3,8,10,14H,1,4-7,9H2,2H3. The van der Waals surface area contributed by atoms with Crippen LogP contribution in [-0.2, 0) is 16.0 Å². The van der Waals surface area contributed by atoms with Crippen LogP contribution in [0.4, 0.5) is 0 Å². The Labute approximate surface area is 107 Å². The first-order valence-electron chi connectivity index (χ1n) is 5.83. The summed E-state index contributed by atoms with van der Waals surface area (Å²) in [6.45, 7) is 6.23. The summed E-state index contributed by atoms with van der Waals surface area (Å²) in [7, 11) is 1.34. The highest BCUT2D eigenvalue weighted by atomic mass is 16.5. The van der Waals surface area contributed by atoms with E-state index < -0.39 is 5.97 Å². The molecule has 1 rings (SSSR count). The third-order valence-corrected chi connectivity index (χ3v) is 2.26. The zero-order valence-corrected chi connectivity index (χ0v) is 10.6. The quantitative estimate of drug-likeness (QED) is 0.413. The first-order chi connectivity index (χ1) is 8.77. The van der Waals surface area contributed by atoms with Crippen molar-refractivity contribution in [1.82, 2.24) is 5.32 Å². The van der Waals surface area contributed by atoms with Crippen molar-refractivity contribution in [2.24, 2.45) is 0 Å². The molecule has 0 bridgehead atoms. The van der Waals surface area contributed by atoms with Crippen LogP contribution in [0.15, 0.2) is 29.4 Å². The zero-order chi connectivity index (χ0) is 13.2. The number of ether oxygens (including phenoxy) is 2. The van der Waals surface area contributed by atoms with Crippen molar-refractivity contribution in [3.05, 3.63) is 36.3 Å². The highest BCUT2D eigenvalue weighted by Gasteiger charge is 2.09. The van der Waals surface area contributed by atoms with Gasteiger partial charge in [0, 0.05) is 6.54 Å². The topological polar surface area (TPSA) is 60.7 Å². The van der Waals surface area contributed by atoms with E-state index in [1.165, 1.54) is 13.4 Å². The summed E-state index contributed by atoms with van der Waals surface area (Å²) in [5.74, 6) is 0.305. The number of hydrogen-bond donors (Lipinski definition) is 1. The molecular formula is C13H19NO4. The molecule has 0 amide bonds. The van der Waals surface area contributed by atoms with E-state index in [0.29, 0.717) is 31.1 Å². The van der Waals surface area contributed by atoms with Crippen molar-refractivity contribution in [3.8, 4) is 0 Å². The Bertz CT molecular complexity index is 373. The van der Waals surface area contributed by atoms with Gasteiger partial charge in [0.1, 0.15) is 12.0 Å². The minimum absolute atomic E-state index is 0.391. The largest absolute Gasteiger partial charge is 0.467 e. The molecule has 0 aliphatic carbocycles. The zero-order valence-electron chi connectivity index (χ0n) is 10.6. The van der Waals surface area contributed by atoms with Gasteiger partial charge in [-0.05, 0) is 12.5 Å². The van der Waals surface area contributed by atoms with Gasteiger partial charge < -0.3 is 19.2 Å². The fraction of sp³-hybridized carbons (Fsp3) is 0.462. The van der Waals surface area contributed by atoms with Gasteiger partial charge in [0.25, 0.3) is 0 Å². The lowest BCUT2D eigenvalue weighted by atomic mass is 10.3. The monoisotopic (exact) mass is 253 g/mol. The minimum Gasteiger partial charge on any atom is -0.467 e. The molecule has 5 heteroatoms. The molecule has 0 atom stereocenters. The summed E-state index contributed by atoms with van der Waals surface area (Å²) >= 11 is 0. The predicted octanol–water partition coefficient (Wildman–Crippen LogP) is 1.75. The molecule has 0 unspecified atom stereocenters. The SMILES string of the molecule is C=CCCOCCNCc1cc(C(=O)OC)co1. The van der Waals surface area contributed by atoms with Crippen molar-refractivity contribution in [2.45, 2.75) is 13.0 Å². The Morgan fingerprint density at radius 2 is 2.39 bits per heavy atom. The van der Waals surface area contributed by atoms with Crippen molar-refractivity contribution >= 4 is 5.97 Å². The Balaban J connectivity index is 2.14. The molecule has 5 nitrogen and oxygen atoms in total. The first-order valence-corrected chi connectivity index (χ1v) is 5.83. The van der Waals surface area contributed by atoms with Gasteiger partial charge in [-0.2, -0.15) is 0 Å². The van der Waals surface area contributed by atoms with Gasteiger partial charge >= 0.3 is 5.97 Å². The van der Waals surface area contributed by atoms with Crippen LogP contribution in [0.2, 0.25) is 0 Å². The summed E-state index contributed by atoms with van der Waals surface area (Å²) in [6, 6.07) is 1.66. The van der Waals surface area contributed by atoms with Crippen LogP contribution in [0.1, 0.15) is 22.5 Å². The molecule has 0 aliphatic rings. The summed E-state index contributed by atoms with van der Waals surface area (Å²) in [5, 5.41) is 3.15. The van der Waals surface area contributed by atoms with Crippen LogP contribution in [-0.4, -0.2) is 32.8 Å². The predicted molar refractivity (Wildman–Crippen MR) is 67.4 cm³/mol. The maximum Gasteiger partial charge on any atom is 0.341 e. The summed E-state index contributed by atoms with van der Waals surface area (Å²) in [6.07, 6.45) is 4.08. The Kier molecular flexibility index (Phi) is 6.83. The molecule has 1 aromatic heterocycles. The average molecular weight is 253 g/mol. The fourth-order valence-electron chi connectivity index (χ4n) is 1.32. The number of esters is 1. The number of hydrogen-bond acceptors (Lipinski definition) is 5. The minimum atomic E-state index is -0.391. The lowest BCUT2D eigenvalue weighted by molar-refractivity contribution is 0.0600. The first kappa shape index (κ1) is 14.5. The van der Waals surface area contributed by atoms with Crippen LogP contribution < -0.4 is 5.32 Å². The molecule has 18 heavy (non-hydrogen) atoms. The van der Waals surface area contributed by atoms with E-state index in [4.69, 9.17) is 9.15 Å². The molecule has 0 aliphatic heterocycles. The smallest absolute Gasteiger partial charge is 0.341 e. The molecule has 0 fully saturated rings. The molecule has 0 saturated carbocycles. The average Bonchev–Trinajstić information content (AvgIpc) is 2.85. The van der Waals surface area contributed by atoms with Crippen LogP contribution in [0, 0.1) is 0 Å². The summed E-state index contributed by atoms with van der Waals surface area (Å²) in [5.41, 5.74) is 0.427. The van der Waals surface area contributed by atoms with Gasteiger partial charge in [-0.1, -0.05) is 6.08 Å². The number of methoxy groups -OCH3 is 1. The van der Waals surface area contributed by atoms with Crippen LogP contribution in [0.25, 0.3) is 0 Å². The molecule has 0 aromatic carbocycles. The third-order valence-electron chi connectivity index (χ3n) is 2.26. The summed E-state index contributed by atoms with van der Waals surface area (Å²) in [4.78, 5) is 11.2. The second-order valence-electron chi connectivity index (χ2n) is 3.66. The van der Waals surface area contributed by atoms with Gasteiger partial charge in [-0.3, -0.25) is 0 Å². The van der Waals surface area contributed by atoms with Crippen LogP contribution in [0.5, 0.6) is 0 Å². The number of carbonyl (C=O) groups is 1. The molecule has 0 saturated heterocycles. The Hall–Kier alpha value is -1.59. The van der Waals surface area contributed by atoms with Gasteiger partial charge in [-0.15, -0.1) is 6.58 Å². The third kappa shape index (κ3) is 5.16. The van der Waals surface area contributed by atoms with Gasteiger partial charge in [0.15, 0.2) is 0 Å². The van der Waals surface area contributed by atoms with E-state index in [2.05, 4.69) is 16.6 Å². The number of furan rings is 1. The van der Waals surface area contributed by atoms with Crippen molar-refractivity contribution in [2.75, 3.05) is 26.9 Å². The molecule has 1 N–H and O–H groups in total. The molecule has 100 valence electrons.